The van der Waals surface area contributed by atoms with Crippen LogP contribution in [0.2, 0.25) is 0 Å². The molecule has 0 unspecified atom stereocenters. The van der Waals surface area contributed by atoms with E-state index in [1.807, 2.05) is 31.2 Å². The molecule has 1 atom stereocenters. The normalized spacial score (nSPS) is 17.9. The third kappa shape index (κ3) is 4.54. The van der Waals surface area contributed by atoms with Crippen molar-refractivity contribution in [1.82, 2.24) is 15.2 Å². The number of benzene rings is 2. The van der Waals surface area contributed by atoms with Gasteiger partial charge in [0, 0.05) is 25.8 Å². The van der Waals surface area contributed by atoms with Crippen LogP contribution < -0.4 is 5.32 Å². The number of hydrogen-bond donors (Lipinski definition) is 1. The second-order valence-electron chi connectivity index (χ2n) is 8.22. The minimum absolute atomic E-state index is 0.0384. The van der Waals surface area contributed by atoms with Gasteiger partial charge in [0.15, 0.2) is 0 Å². The Balaban J connectivity index is 1.59. The summed E-state index contributed by atoms with van der Waals surface area (Å²) in [5.74, 6) is -0.468. The molecule has 3 aromatic rings. The Hall–Kier alpha value is -3.54. The van der Waals surface area contributed by atoms with Gasteiger partial charge in [0.2, 0.25) is 5.91 Å². The number of rotatable bonds is 6. The second kappa shape index (κ2) is 9.30. The molecule has 6 heteroatoms. The Labute approximate surface area is 187 Å². The van der Waals surface area contributed by atoms with Crippen LogP contribution in [0, 0.1) is 11.2 Å². The quantitative estimate of drug-likeness (QED) is 0.639. The third-order valence-corrected chi connectivity index (χ3v) is 5.99. The molecule has 1 aliphatic rings. The van der Waals surface area contributed by atoms with Gasteiger partial charge in [-0.3, -0.25) is 14.6 Å². The van der Waals surface area contributed by atoms with Crippen molar-refractivity contribution in [3.05, 3.63) is 90.0 Å². The Kier molecular flexibility index (Phi) is 6.30. The lowest BCUT2D eigenvalue weighted by molar-refractivity contribution is -0.130. The molecule has 4 rings (SSSR count). The van der Waals surface area contributed by atoms with Crippen molar-refractivity contribution in [2.24, 2.45) is 5.41 Å². The fourth-order valence-electron chi connectivity index (χ4n) is 4.35. The zero-order valence-corrected chi connectivity index (χ0v) is 18.1. The van der Waals surface area contributed by atoms with Crippen molar-refractivity contribution in [2.45, 2.75) is 19.8 Å². The molecule has 1 fully saturated rings. The first-order valence-electron chi connectivity index (χ1n) is 10.8. The first kappa shape index (κ1) is 21.7. The number of aromatic nitrogens is 1. The molecule has 1 aromatic heterocycles. The number of amides is 2. The molecule has 164 valence electrons. The Morgan fingerprint density at radius 3 is 2.59 bits per heavy atom. The summed E-state index contributed by atoms with van der Waals surface area (Å²) >= 11 is 0. The summed E-state index contributed by atoms with van der Waals surface area (Å²) in [6.07, 6.45) is 2.69. The molecule has 0 spiro atoms. The molecule has 2 aromatic carbocycles. The van der Waals surface area contributed by atoms with E-state index >= 15 is 0 Å². The molecule has 5 nitrogen and oxygen atoms in total. The number of pyridine rings is 1. The van der Waals surface area contributed by atoms with Gasteiger partial charge in [-0.25, -0.2) is 4.39 Å². The van der Waals surface area contributed by atoms with Crippen LogP contribution in [-0.4, -0.2) is 41.3 Å². The van der Waals surface area contributed by atoms with Crippen molar-refractivity contribution in [3.63, 3.8) is 0 Å². The van der Waals surface area contributed by atoms with Crippen LogP contribution in [0.15, 0.2) is 72.9 Å². The number of carbonyl (C=O) groups excluding carboxylic acids is 2. The fraction of sp³-hybridized carbons (Fsp3) is 0.269. The number of halogens is 1. The van der Waals surface area contributed by atoms with E-state index in [9.17, 15) is 14.0 Å². The van der Waals surface area contributed by atoms with Gasteiger partial charge in [0.1, 0.15) is 11.5 Å². The maximum atomic E-state index is 13.3. The lowest BCUT2D eigenvalue weighted by Crippen LogP contribution is -2.45. The highest BCUT2D eigenvalue weighted by molar-refractivity contribution is 5.93. The molecule has 32 heavy (non-hydrogen) atoms. The van der Waals surface area contributed by atoms with E-state index in [0.29, 0.717) is 38.2 Å². The maximum absolute atomic E-state index is 13.3. The lowest BCUT2D eigenvalue weighted by atomic mass is 9.79. The first-order chi connectivity index (χ1) is 15.5. The molecular formula is C26H26FN3O2. The van der Waals surface area contributed by atoms with Crippen LogP contribution in [-0.2, 0) is 11.2 Å². The van der Waals surface area contributed by atoms with Crippen molar-refractivity contribution < 1.29 is 14.0 Å². The monoisotopic (exact) mass is 431 g/mol. The van der Waals surface area contributed by atoms with E-state index in [-0.39, 0.29) is 17.6 Å². The zero-order chi connectivity index (χ0) is 22.6. The average molecular weight is 432 g/mol. The minimum Gasteiger partial charge on any atom is -0.356 e. The van der Waals surface area contributed by atoms with Crippen LogP contribution >= 0.6 is 0 Å². The molecule has 2 amide bonds. The molecule has 2 heterocycles. The highest BCUT2D eigenvalue weighted by atomic mass is 19.1. The average Bonchev–Trinajstić information content (AvgIpc) is 3.25. The summed E-state index contributed by atoms with van der Waals surface area (Å²) in [5, 5.41) is 2.97. The Morgan fingerprint density at radius 1 is 1.06 bits per heavy atom. The summed E-state index contributed by atoms with van der Waals surface area (Å²) in [5.41, 5.74) is 2.57. The molecule has 0 aliphatic carbocycles. The molecule has 0 bridgehead atoms. The number of nitrogens with one attached hydrogen (secondary N) is 1. The second-order valence-corrected chi connectivity index (χ2v) is 8.22. The van der Waals surface area contributed by atoms with Gasteiger partial charge in [-0.15, -0.1) is 0 Å². The first-order valence-corrected chi connectivity index (χ1v) is 10.8. The number of hydrogen-bond acceptors (Lipinski definition) is 3. The zero-order valence-electron chi connectivity index (χ0n) is 18.1. The summed E-state index contributed by atoms with van der Waals surface area (Å²) in [6.45, 7) is 3.27. The number of likely N-dealkylation sites (tertiary alicyclic amines) is 1. The molecule has 0 saturated carbocycles. The van der Waals surface area contributed by atoms with Gasteiger partial charge >= 0.3 is 0 Å². The third-order valence-electron chi connectivity index (χ3n) is 5.99. The van der Waals surface area contributed by atoms with Crippen molar-refractivity contribution in [3.8, 4) is 11.1 Å². The Morgan fingerprint density at radius 2 is 1.88 bits per heavy atom. The summed E-state index contributed by atoms with van der Waals surface area (Å²) < 4.78 is 13.3. The van der Waals surface area contributed by atoms with Gasteiger partial charge in [0.05, 0.1) is 5.41 Å². The molecule has 1 aliphatic heterocycles. The topological polar surface area (TPSA) is 62.3 Å². The summed E-state index contributed by atoms with van der Waals surface area (Å²) in [4.78, 5) is 32.0. The molecule has 1 N–H and O–H groups in total. The Bertz CT molecular complexity index is 1100. The minimum atomic E-state index is -0.706. The van der Waals surface area contributed by atoms with Crippen molar-refractivity contribution in [1.29, 1.82) is 0 Å². The fourth-order valence-corrected chi connectivity index (χ4v) is 4.35. The number of nitrogens with zero attached hydrogens (tertiary/aromatic N) is 2. The van der Waals surface area contributed by atoms with E-state index < -0.39 is 5.41 Å². The molecule has 1 saturated heterocycles. The smallest absolute Gasteiger partial charge is 0.272 e. The summed E-state index contributed by atoms with van der Waals surface area (Å²) in [7, 11) is 0. The predicted octanol–water partition coefficient (Wildman–Crippen LogP) is 4.10. The number of carbonyl (C=O) groups is 2. The van der Waals surface area contributed by atoms with Crippen molar-refractivity contribution >= 4 is 11.8 Å². The largest absolute Gasteiger partial charge is 0.356 e. The maximum Gasteiger partial charge on any atom is 0.272 e. The van der Waals surface area contributed by atoms with Gasteiger partial charge in [-0.1, -0.05) is 42.5 Å². The highest BCUT2D eigenvalue weighted by Gasteiger charge is 2.46. The van der Waals surface area contributed by atoms with Crippen LogP contribution in [0.1, 0.15) is 29.4 Å². The van der Waals surface area contributed by atoms with E-state index in [2.05, 4.69) is 10.3 Å². The molecular weight excluding hydrogens is 405 g/mol. The highest BCUT2D eigenvalue weighted by Crippen LogP contribution is 2.36. The van der Waals surface area contributed by atoms with Gasteiger partial charge < -0.3 is 10.2 Å². The molecule has 0 radical (unpaired) electrons. The SMILES string of the molecule is CCNC(=O)[C@]1(Cc2cccc(-c3ccc(F)cc3)c2)CCN(C(=O)c2ccccn2)C1. The van der Waals surface area contributed by atoms with E-state index in [1.54, 1.807) is 41.4 Å². The summed E-state index contributed by atoms with van der Waals surface area (Å²) in [6, 6.07) is 19.6. The van der Waals surface area contributed by atoms with Crippen molar-refractivity contribution in [2.75, 3.05) is 19.6 Å². The van der Waals surface area contributed by atoms with Crippen LogP contribution in [0.3, 0.4) is 0 Å². The van der Waals surface area contributed by atoms with E-state index in [4.69, 9.17) is 0 Å². The van der Waals surface area contributed by atoms with Crippen LogP contribution in [0.5, 0.6) is 0 Å². The van der Waals surface area contributed by atoms with Gasteiger partial charge in [-0.2, -0.15) is 0 Å². The van der Waals surface area contributed by atoms with Gasteiger partial charge in [0.25, 0.3) is 5.91 Å². The van der Waals surface area contributed by atoms with E-state index in [0.717, 1.165) is 16.7 Å². The van der Waals surface area contributed by atoms with E-state index in [1.165, 1.54) is 12.1 Å². The van der Waals surface area contributed by atoms with Crippen LogP contribution in [0.4, 0.5) is 4.39 Å². The lowest BCUT2D eigenvalue weighted by Gasteiger charge is -2.28. The van der Waals surface area contributed by atoms with Crippen LogP contribution in [0.25, 0.3) is 11.1 Å². The van der Waals surface area contributed by atoms with Gasteiger partial charge in [-0.05, 0) is 60.7 Å². The standard InChI is InChI=1S/C26H26FN3O2/c1-2-28-25(32)26(13-15-30(18-26)24(31)23-8-3-4-14-29-23)17-19-6-5-7-21(16-19)20-9-11-22(27)12-10-20/h3-12,14,16H,2,13,15,17-18H2,1H3,(H,28,32)/t26-/m0/s1. The predicted molar refractivity (Wildman–Crippen MR) is 121 cm³/mol.